The molecule has 0 spiro atoms. The standard InChI is InChI=1S/C15H15N3O3/c1-10-4-5-14(11(2)8-10)17(12(3)19)15-9-13(18(20)21)6-7-16-15/h4-9H,1-3H3. The molecule has 0 aliphatic carbocycles. The van der Waals surface area contributed by atoms with Gasteiger partial charge in [0.15, 0.2) is 0 Å². The van der Waals surface area contributed by atoms with E-state index in [2.05, 4.69) is 4.98 Å². The highest BCUT2D eigenvalue weighted by molar-refractivity contribution is 5.99. The van der Waals surface area contributed by atoms with E-state index in [-0.39, 0.29) is 17.4 Å². The molecule has 0 radical (unpaired) electrons. The Morgan fingerprint density at radius 1 is 1.24 bits per heavy atom. The Bertz CT molecular complexity index is 713. The number of hydrogen-bond acceptors (Lipinski definition) is 4. The molecule has 0 atom stereocenters. The van der Waals surface area contributed by atoms with Gasteiger partial charge < -0.3 is 0 Å². The van der Waals surface area contributed by atoms with Gasteiger partial charge in [-0.3, -0.25) is 19.8 Å². The van der Waals surface area contributed by atoms with Crippen LogP contribution >= 0.6 is 0 Å². The molecule has 6 nitrogen and oxygen atoms in total. The Balaban J connectivity index is 2.56. The zero-order chi connectivity index (χ0) is 15.6. The van der Waals surface area contributed by atoms with Crippen molar-refractivity contribution in [2.24, 2.45) is 0 Å². The molecule has 108 valence electrons. The Kier molecular flexibility index (Phi) is 3.98. The second-order valence-electron chi connectivity index (χ2n) is 4.77. The van der Waals surface area contributed by atoms with Crippen LogP contribution in [-0.2, 0) is 4.79 Å². The lowest BCUT2D eigenvalue weighted by Gasteiger charge is -2.22. The monoisotopic (exact) mass is 285 g/mol. The minimum Gasteiger partial charge on any atom is -0.274 e. The van der Waals surface area contributed by atoms with Crippen LogP contribution in [0, 0.1) is 24.0 Å². The molecule has 0 aliphatic heterocycles. The molecule has 1 aromatic heterocycles. The number of anilines is 2. The molecule has 1 amide bonds. The molecule has 0 saturated heterocycles. The van der Waals surface area contributed by atoms with Crippen LogP contribution in [0.25, 0.3) is 0 Å². The Morgan fingerprint density at radius 3 is 2.52 bits per heavy atom. The third-order valence-corrected chi connectivity index (χ3v) is 3.08. The largest absolute Gasteiger partial charge is 0.274 e. The summed E-state index contributed by atoms with van der Waals surface area (Å²) < 4.78 is 0. The zero-order valence-corrected chi connectivity index (χ0v) is 12.0. The first kappa shape index (κ1) is 14.6. The summed E-state index contributed by atoms with van der Waals surface area (Å²) in [4.78, 5) is 27.8. The van der Waals surface area contributed by atoms with Gasteiger partial charge in [0.1, 0.15) is 5.82 Å². The normalized spacial score (nSPS) is 10.2. The van der Waals surface area contributed by atoms with Crippen LogP contribution in [0.5, 0.6) is 0 Å². The summed E-state index contributed by atoms with van der Waals surface area (Å²) in [6.45, 7) is 5.25. The number of nitro groups is 1. The SMILES string of the molecule is CC(=O)N(c1cc([N+](=O)[O-])ccn1)c1ccc(C)cc1C. The number of carbonyl (C=O) groups excluding carboxylic acids is 1. The number of aryl methyl sites for hydroxylation is 2. The average Bonchev–Trinajstić information content (AvgIpc) is 2.41. The number of benzene rings is 1. The van der Waals surface area contributed by atoms with E-state index >= 15 is 0 Å². The molecule has 2 rings (SSSR count). The molecule has 0 aliphatic rings. The Labute approximate surface area is 122 Å². The fourth-order valence-electron chi connectivity index (χ4n) is 2.15. The van der Waals surface area contributed by atoms with Crippen molar-refractivity contribution in [3.05, 3.63) is 57.8 Å². The summed E-state index contributed by atoms with van der Waals surface area (Å²) in [5.41, 5.74) is 2.54. The quantitative estimate of drug-likeness (QED) is 0.640. The summed E-state index contributed by atoms with van der Waals surface area (Å²) in [5.74, 6) is -0.0152. The van der Waals surface area contributed by atoms with Crippen LogP contribution in [0.3, 0.4) is 0 Å². The molecule has 0 fully saturated rings. The average molecular weight is 285 g/mol. The minimum atomic E-state index is -0.508. The maximum Gasteiger partial charge on any atom is 0.274 e. The van der Waals surface area contributed by atoms with E-state index in [1.165, 1.54) is 30.2 Å². The van der Waals surface area contributed by atoms with Crippen LogP contribution in [-0.4, -0.2) is 15.8 Å². The van der Waals surface area contributed by atoms with Crippen molar-refractivity contribution in [3.8, 4) is 0 Å². The highest BCUT2D eigenvalue weighted by atomic mass is 16.6. The maximum absolute atomic E-state index is 12.0. The van der Waals surface area contributed by atoms with Gasteiger partial charge in [-0.25, -0.2) is 4.98 Å². The molecular formula is C15H15N3O3. The van der Waals surface area contributed by atoms with E-state index in [4.69, 9.17) is 0 Å². The fourth-order valence-corrected chi connectivity index (χ4v) is 2.15. The van der Waals surface area contributed by atoms with Gasteiger partial charge in [-0.15, -0.1) is 0 Å². The number of hydrogen-bond donors (Lipinski definition) is 0. The third kappa shape index (κ3) is 3.05. The van der Waals surface area contributed by atoms with Crippen molar-refractivity contribution in [1.29, 1.82) is 0 Å². The molecule has 0 bridgehead atoms. The lowest BCUT2D eigenvalue weighted by Crippen LogP contribution is -2.24. The number of amides is 1. The lowest BCUT2D eigenvalue weighted by atomic mass is 10.1. The van der Waals surface area contributed by atoms with Crippen LogP contribution in [0.2, 0.25) is 0 Å². The number of aromatic nitrogens is 1. The molecule has 0 unspecified atom stereocenters. The summed E-state index contributed by atoms with van der Waals surface area (Å²) >= 11 is 0. The Morgan fingerprint density at radius 2 is 1.95 bits per heavy atom. The van der Waals surface area contributed by atoms with Gasteiger partial charge in [-0.05, 0) is 25.5 Å². The van der Waals surface area contributed by atoms with Crippen LogP contribution in [0.4, 0.5) is 17.2 Å². The summed E-state index contributed by atoms with van der Waals surface area (Å²) in [7, 11) is 0. The lowest BCUT2D eigenvalue weighted by molar-refractivity contribution is -0.384. The van der Waals surface area contributed by atoms with Gasteiger partial charge in [0.05, 0.1) is 16.7 Å². The fraction of sp³-hybridized carbons (Fsp3) is 0.200. The summed E-state index contributed by atoms with van der Waals surface area (Å²) in [5, 5.41) is 10.9. The summed E-state index contributed by atoms with van der Waals surface area (Å²) in [6, 6.07) is 8.23. The molecule has 21 heavy (non-hydrogen) atoms. The highest BCUT2D eigenvalue weighted by Crippen LogP contribution is 2.29. The first-order valence-corrected chi connectivity index (χ1v) is 6.38. The van der Waals surface area contributed by atoms with E-state index in [1.807, 2.05) is 32.0 Å². The Hall–Kier alpha value is -2.76. The molecule has 2 aromatic rings. The predicted octanol–water partition coefficient (Wildman–Crippen LogP) is 3.29. The maximum atomic E-state index is 12.0. The number of nitrogens with zero attached hydrogens (tertiary/aromatic N) is 3. The molecule has 6 heteroatoms. The zero-order valence-electron chi connectivity index (χ0n) is 12.0. The van der Waals surface area contributed by atoms with Gasteiger partial charge in [0.2, 0.25) is 5.91 Å². The van der Waals surface area contributed by atoms with Gasteiger partial charge in [-0.1, -0.05) is 17.7 Å². The number of pyridine rings is 1. The first-order chi connectivity index (χ1) is 9.90. The third-order valence-electron chi connectivity index (χ3n) is 3.08. The molecule has 1 heterocycles. The van der Waals surface area contributed by atoms with E-state index < -0.39 is 4.92 Å². The van der Waals surface area contributed by atoms with E-state index in [1.54, 1.807) is 0 Å². The minimum absolute atomic E-state index is 0.101. The molecule has 1 aromatic carbocycles. The van der Waals surface area contributed by atoms with Crippen molar-refractivity contribution in [3.63, 3.8) is 0 Å². The van der Waals surface area contributed by atoms with Crippen LogP contribution in [0.15, 0.2) is 36.5 Å². The van der Waals surface area contributed by atoms with E-state index in [0.717, 1.165) is 11.1 Å². The molecular weight excluding hydrogens is 270 g/mol. The van der Waals surface area contributed by atoms with Gasteiger partial charge in [0, 0.05) is 19.2 Å². The smallest absolute Gasteiger partial charge is 0.274 e. The van der Waals surface area contributed by atoms with E-state index in [0.29, 0.717) is 5.69 Å². The topological polar surface area (TPSA) is 76.3 Å². The molecule has 0 N–H and O–H groups in total. The first-order valence-electron chi connectivity index (χ1n) is 6.38. The highest BCUT2D eigenvalue weighted by Gasteiger charge is 2.19. The van der Waals surface area contributed by atoms with Gasteiger partial charge in [-0.2, -0.15) is 0 Å². The van der Waals surface area contributed by atoms with Crippen molar-refractivity contribution >= 4 is 23.1 Å². The number of rotatable bonds is 3. The van der Waals surface area contributed by atoms with E-state index in [9.17, 15) is 14.9 Å². The molecule has 0 saturated carbocycles. The van der Waals surface area contributed by atoms with Crippen molar-refractivity contribution in [2.45, 2.75) is 20.8 Å². The van der Waals surface area contributed by atoms with Gasteiger partial charge in [0.25, 0.3) is 5.69 Å². The van der Waals surface area contributed by atoms with Crippen molar-refractivity contribution < 1.29 is 9.72 Å². The second-order valence-corrected chi connectivity index (χ2v) is 4.77. The van der Waals surface area contributed by atoms with Crippen molar-refractivity contribution in [2.75, 3.05) is 4.90 Å². The van der Waals surface area contributed by atoms with Crippen LogP contribution in [0.1, 0.15) is 18.1 Å². The van der Waals surface area contributed by atoms with Crippen LogP contribution < -0.4 is 4.90 Å². The summed E-state index contributed by atoms with van der Waals surface area (Å²) in [6.07, 6.45) is 1.33. The van der Waals surface area contributed by atoms with Gasteiger partial charge >= 0.3 is 0 Å². The van der Waals surface area contributed by atoms with Crippen molar-refractivity contribution in [1.82, 2.24) is 4.98 Å². The predicted molar refractivity (Wildman–Crippen MR) is 79.6 cm³/mol. The number of carbonyl (C=O) groups is 1. The second kappa shape index (κ2) is 5.70.